The summed E-state index contributed by atoms with van der Waals surface area (Å²) in [7, 11) is 0. The summed E-state index contributed by atoms with van der Waals surface area (Å²) in [6, 6.07) is 11.5. The van der Waals surface area contributed by atoms with Gasteiger partial charge in [-0.2, -0.15) is 0 Å². The second-order valence-corrected chi connectivity index (χ2v) is 5.09. The van der Waals surface area contributed by atoms with E-state index >= 15 is 0 Å². The summed E-state index contributed by atoms with van der Waals surface area (Å²) >= 11 is 9.60. The molecule has 0 atom stereocenters. The van der Waals surface area contributed by atoms with Gasteiger partial charge in [0.25, 0.3) is 0 Å². The molecule has 17 heavy (non-hydrogen) atoms. The highest BCUT2D eigenvalue weighted by Crippen LogP contribution is 2.31. The van der Waals surface area contributed by atoms with Crippen molar-refractivity contribution in [3.05, 3.63) is 51.5 Å². The molecule has 3 N–H and O–H groups in total. The molecule has 0 spiro atoms. The molecule has 0 aliphatic rings. The van der Waals surface area contributed by atoms with E-state index < -0.39 is 0 Å². The number of nitrogen functional groups attached to an aromatic ring is 1. The van der Waals surface area contributed by atoms with Crippen molar-refractivity contribution in [3.63, 3.8) is 0 Å². The van der Waals surface area contributed by atoms with Crippen LogP contribution in [0.3, 0.4) is 0 Å². The average Bonchev–Trinajstić information content (AvgIpc) is 2.26. The van der Waals surface area contributed by atoms with Crippen LogP contribution >= 0.6 is 27.5 Å². The van der Waals surface area contributed by atoms with E-state index in [0.717, 1.165) is 32.1 Å². The molecule has 0 bridgehead atoms. The molecule has 0 aliphatic heterocycles. The minimum absolute atomic E-state index is 0.726. The first kappa shape index (κ1) is 12.3. The van der Waals surface area contributed by atoms with Crippen LogP contribution in [0.15, 0.2) is 40.9 Å². The number of benzene rings is 2. The molecule has 0 aliphatic carbocycles. The second-order valence-electron chi connectivity index (χ2n) is 3.83. The topological polar surface area (TPSA) is 38.0 Å². The predicted octanol–water partition coefficient (Wildman–Crippen LogP) is 4.74. The normalized spacial score (nSPS) is 10.3. The predicted molar refractivity (Wildman–Crippen MR) is 78.0 cm³/mol. The lowest BCUT2D eigenvalue weighted by Gasteiger charge is -2.11. The van der Waals surface area contributed by atoms with E-state index in [1.807, 2.05) is 43.3 Å². The molecule has 0 aromatic heterocycles. The fourth-order valence-corrected chi connectivity index (χ4v) is 2.23. The Kier molecular flexibility index (Phi) is 3.60. The maximum absolute atomic E-state index is 6.10. The summed E-state index contributed by atoms with van der Waals surface area (Å²) in [5, 5.41) is 4.01. The summed E-state index contributed by atoms with van der Waals surface area (Å²) in [6.07, 6.45) is 0. The van der Waals surface area contributed by atoms with Crippen LogP contribution in [0.2, 0.25) is 5.02 Å². The van der Waals surface area contributed by atoms with Crippen molar-refractivity contribution >= 4 is 44.6 Å². The molecule has 0 saturated carbocycles. The summed E-state index contributed by atoms with van der Waals surface area (Å²) in [5.74, 6) is 0. The number of aryl methyl sites for hydroxylation is 1. The molecule has 4 heteroatoms. The SMILES string of the molecule is Cc1cc(Br)c(Nc2cccc(N)c2)cc1Cl. The van der Waals surface area contributed by atoms with Crippen LogP contribution in [0.1, 0.15) is 5.56 Å². The second kappa shape index (κ2) is 4.98. The molecule has 0 saturated heterocycles. The van der Waals surface area contributed by atoms with E-state index in [-0.39, 0.29) is 0 Å². The molecular weight excluding hydrogens is 300 g/mol. The number of nitrogens with two attached hydrogens (primary N) is 1. The van der Waals surface area contributed by atoms with E-state index in [4.69, 9.17) is 17.3 Å². The van der Waals surface area contributed by atoms with Crippen molar-refractivity contribution < 1.29 is 0 Å². The number of nitrogens with one attached hydrogen (secondary N) is 1. The molecule has 88 valence electrons. The molecule has 0 amide bonds. The molecule has 2 nitrogen and oxygen atoms in total. The van der Waals surface area contributed by atoms with Gasteiger partial charge in [0.05, 0.1) is 5.69 Å². The van der Waals surface area contributed by atoms with Crippen molar-refractivity contribution in [3.8, 4) is 0 Å². The smallest absolute Gasteiger partial charge is 0.0543 e. The molecule has 2 rings (SSSR count). The summed E-state index contributed by atoms with van der Waals surface area (Å²) < 4.78 is 0.974. The lowest BCUT2D eigenvalue weighted by Crippen LogP contribution is -1.93. The molecule has 0 fully saturated rings. The van der Waals surface area contributed by atoms with Crippen molar-refractivity contribution in [2.75, 3.05) is 11.1 Å². The zero-order chi connectivity index (χ0) is 12.4. The Balaban J connectivity index is 2.33. The van der Waals surface area contributed by atoms with E-state index in [2.05, 4.69) is 21.2 Å². The highest BCUT2D eigenvalue weighted by Gasteiger charge is 2.04. The quantitative estimate of drug-likeness (QED) is 0.786. The summed E-state index contributed by atoms with van der Waals surface area (Å²) in [4.78, 5) is 0. The Morgan fingerprint density at radius 2 is 2.00 bits per heavy atom. The van der Waals surface area contributed by atoms with E-state index in [1.54, 1.807) is 0 Å². The highest BCUT2D eigenvalue weighted by molar-refractivity contribution is 9.10. The Morgan fingerprint density at radius 1 is 1.24 bits per heavy atom. The summed E-state index contributed by atoms with van der Waals surface area (Å²) in [5.41, 5.74) is 9.35. The van der Waals surface area contributed by atoms with Gasteiger partial charge in [-0.1, -0.05) is 17.7 Å². The lowest BCUT2D eigenvalue weighted by molar-refractivity contribution is 1.43. The van der Waals surface area contributed by atoms with Crippen LogP contribution in [-0.2, 0) is 0 Å². The Morgan fingerprint density at radius 3 is 2.71 bits per heavy atom. The molecule has 2 aromatic rings. The number of halogens is 2. The minimum atomic E-state index is 0.726. The molecule has 0 radical (unpaired) electrons. The highest BCUT2D eigenvalue weighted by atomic mass is 79.9. The van der Waals surface area contributed by atoms with Gasteiger partial charge in [0, 0.05) is 20.9 Å². The Labute approximate surface area is 114 Å². The molecule has 0 heterocycles. The van der Waals surface area contributed by atoms with Crippen molar-refractivity contribution in [2.24, 2.45) is 0 Å². The first-order valence-corrected chi connectivity index (χ1v) is 6.31. The molecular formula is C13H12BrClN2. The van der Waals surface area contributed by atoms with Gasteiger partial charge in [-0.15, -0.1) is 0 Å². The fourth-order valence-electron chi connectivity index (χ4n) is 1.51. The third-order valence-electron chi connectivity index (χ3n) is 2.41. The van der Waals surface area contributed by atoms with E-state index in [0.29, 0.717) is 0 Å². The van der Waals surface area contributed by atoms with Gasteiger partial charge in [-0.05, 0) is 58.7 Å². The van der Waals surface area contributed by atoms with Crippen molar-refractivity contribution in [1.29, 1.82) is 0 Å². The minimum Gasteiger partial charge on any atom is -0.399 e. The van der Waals surface area contributed by atoms with Gasteiger partial charge in [0.2, 0.25) is 0 Å². The first-order valence-electron chi connectivity index (χ1n) is 5.14. The van der Waals surface area contributed by atoms with Gasteiger partial charge in [-0.25, -0.2) is 0 Å². The number of anilines is 3. The number of hydrogen-bond acceptors (Lipinski definition) is 2. The zero-order valence-corrected chi connectivity index (χ0v) is 11.6. The zero-order valence-electron chi connectivity index (χ0n) is 9.30. The number of rotatable bonds is 2. The van der Waals surface area contributed by atoms with Gasteiger partial charge >= 0.3 is 0 Å². The first-order chi connectivity index (χ1) is 8.06. The van der Waals surface area contributed by atoms with Crippen molar-refractivity contribution in [2.45, 2.75) is 6.92 Å². The van der Waals surface area contributed by atoms with Gasteiger partial charge in [0.15, 0.2) is 0 Å². The monoisotopic (exact) mass is 310 g/mol. The van der Waals surface area contributed by atoms with Crippen molar-refractivity contribution in [1.82, 2.24) is 0 Å². The van der Waals surface area contributed by atoms with Gasteiger partial charge in [0.1, 0.15) is 0 Å². The Bertz CT molecular complexity index is 555. The Hall–Kier alpha value is -1.19. The van der Waals surface area contributed by atoms with Crippen LogP contribution in [0.25, 0.3) is 0 Å². The third-order valence-corrected chi connectivity index (χ3v) is 3.48. The molecule has 2 aromatic carbocycles. The average molecular weight is 312 g/mol. The summed E-state index contributed by atoms with van der Waals surface area (Å²) in [6.45, 7) is 1.97. The maximum atomic E-state index is 6.10. The standard InChI is InChI=1S/C13H12BrClN2/c1-8-5-11(14)13(7-12(8)15)17-10-4-2-3-9(16)6-10/h2-7,17H,16H2,1H3. The van der Waals surface area contributed by atoms with Crippen LogP contribution in [-0.4, -0.2) is 0 Å². The van der Waals surface area contributed by atoms with Crippen LogP contribution in [0.5, 0.6) is 0 Å². The number of hydrogen-bond donors (Lipinski definition) is 2. The fraction of sp³-hybridized carbons (Fsp3) is 0.0769. The lowest BCUT2D eigenvalue weighted by atomic mass is 10.2. The third kappa shape index (κ3) is 2.93. The van der Waals surface area contributed by atoms with E-state index in [1.165, 1.54) is 0 Å². The largest absolute Gasteiger partial charge is 0.399 e. The maximum Gasteiger partial charge on any atom is 0.0543 e. The van der Waals surface area contributed by atoms with Crippen LogP contribution in [0.4, 0.5) is 17.1 Å². The van der Waals surface area contributed by atoms with Gasteiger partial charge in [-0.3, -0.25) is 0 Å². The van der Waals surface area contributed by atoms with Gasteiger partial charge < -0.3 is 11.1 Å². The molecule has 0 unspecified atom stereocenters. The van der Waals surface area contributed by atoms with E-state index in [9.17, 15) is 0 Å². The van der Waals surface area contributed by atoms with Crippen LogP contribution < -0.4 is 11.1 Å². The van der Waals surface area contributed by atoms with Crippen LogP contribution in [0, 0.1) is 6.92 Å².